The summed E-state index contributed by atoms with van der Waals surface area (Å²) >= 11 is 0. The van der Waals surface area contributed by atoms with Gasteiger partial charge in [-0.15, -0.1) is 0 Å². The van der Waals surface area contributed by atoms with Crippen LogP contribution in [-0.4, -0.2) is 51.0 Å². The summed E-state index contributed by atoms with van der Waals surface area (Å²) in [4.78, 5) is 19.7. The Labute approximate surface area is 152 Å². The minimum absolute atomic E-state index is 0.0366. The Kier molecular flexibility index (Phi) is 5.01. The van der Waals surface area contributed by atoms with Gasteiger partial charge in [-0.3, -0.25) is 9.48 Å². The number of aryl methyl sites for hydroxylation is 1. The molecule has 1 fully saturated rings. The van der Waals surface area contributed by atoms with Crippen molar-refractivity contribution in [3.8, 4) is 0 Å². The van der Waals surface area contributed by atoms with Crippen molar-refractivity contribution in [2.75, 3.05) is 20.3 Å². The fourth-order valence-electron chi connectivity index (χ4n) is 3.88. The summed E-state index contributed by atoms with van der Waals surface area (Å²) in [6.45, 7) is 2.16. The molecule has 1 unspecified atom stereocenters. The van der Waals surface area contributed by atoms with Gasteiger partial charge < -0.3 is 14.2 Å². The van der Waals surface area contributed by atoms with E-state index in [1.165, 1.54) is 0 Å². The summed E-state index contributed by atoms with van der Waals surface area (Å²) in [6.07, 6.45) is 8.39. The molecule has 0 aliphatic carbocycles. The standard InChI is InChI=1S/C18H25N5O3/c1-25-11-8-16-20-17(26-21-16)15-7-2-4-9-22(15)18(24)13-12-19-23-10-5-3-6-14(13)23/h12,15H,2-11H2,1H3. The number of ether oxygens (including phenoxy) is 1. The van der Waals surface area contributed by atoms with Crippen molar-refractivity contribution in [1.82, 2.24) is 24.8 Å². The molecule has 140 valence electrons. The molecular formula is C18H25N5O3. The first kappa shape index (κ1) is 17.2. The van der Waals surface area contributed by atoms with E-state index in [-0.39, 0.29) is 11.9 Å². The predicted octanol–water partition coefficient (Wildman–Crippen LogP) is 2.16. The van der Waals surface area contributed by atoms with Gasteiger partial charge in [0, 0.05) is 26.6 Å². The number of methoxy groups -OCH3 is 1. The second-order valence-electron chi connectivity index (χ2n) is 6.99. The monoisotopic (exact) mass is 359 g/mol. The van der Waals surface area contributed by atoms with Gasteiger partial charge in [-0.1, -0.05) is 5.16 Å². The molecule has 0 saturated carbocycles. The van der Waals surface area contributed by atoms with E-state index in [0.717, 1.165) is 56.3 Å². The van der Waals surface area contributed by atoms with E-state index in [4.69, 9.17) is 9.26 Å². The Morgan fingerprint density at radius 3 is 3.08 bits per heavy atom. The number of carbonyl (C=O) groups is 1. The van der Waals surface area contributed by atoms with Crippen LogP contribution in [0.15, 0.2) is 10.7 Å². The van der Waals surface area contributed by atoms with Gasteiger partial charge in [0.1, 0.15) is 6.04 Å². The van der Waals surface area contributed by atoms with Crippen molar-refractivity contribution in [3.05, 3.63) is 29.2 Å². The first-order valence-electron chi connectivity index (χ1n) is 9.45. The SMILES string of the molecule is COCCc1noc(C2CCCCN2C(=O)c2cnn3c2CCCC3)n1. The minimum atomic E-state index is -0.154. The highest BCUT2D eigenvalue weighted by Crippen LogP contribution is 2.32. The molecule has 2 aromatic rings. The summed E-state index contributed by atoms with van der Waals surface area (Å²) in [5, 5.41) is 8.45. The Bertz CT molecular complexity index is 769. The summed E-state index contributed by atoms with van der Waals surface area (Å²) in [6, 6.07) is -0.154. The number of rotatable bonds is 5. The lowest BCUT2D eigenvalue weighted by Gasteiger charge is -2.33. The molecular weight excluding hydrogens is 334 g/mol. The van der Waals surface area contributed by atoms with E-state index in [1.807, 2.05) is 9.58 Å². The van der Waals surface area contributed by atoms with Crippen molar-refractivity contribution < 1.29 is 14.1 Å². The average molecular weight is 359 g/mol. The van der Waals surface area contributed by atoms with Crippen LogP contribution in [0.4, 0.5) is 0 Å². The van der Waals surface area contributed by atoms with Crippen LogP contribution in [0.2, 0.25) is 0 Å². The Morgan fingerprint density at radius 2 is 2.19 bits per heavy atom. The van der Waals surface area contributed by atoms with Crippen LogP contribution in [0.25, 0.3) is 0 Å². The molecule has 1 atom stereocenters. The second kappa shape index (κ2) is 7.57. The zero-order valence-corrected chi connectivity index (χ0v) is 15.2. The number of amides is 1. The van der Waals surface area contributed by atoms with Gasteiger partial charge in [0.05, 0.1) is 24.1 Å². The first-order chi connectivity index (χ1) is 12.8. The van der Waals surface area contributed by atoms with Crippen LogP contribution in [-0.2, 0) is 24.1 Å². The average Bonchev–Trinajstić information content (AvgIpc) is 3.33. The fourth-order valence-corrected chi connectivity index (χ4v) is 3.88. The smallest absolute Gasteiger partial charge is 0.258 e. The van der Waals surface area contributed by atoms with Gasteiger partial charge in [0.15, 0.2) is 5.82 Å². The topological polar surface area (TPSA) is 86.3 Å². The maximum Gasteiger partial charge on any atom is 0.258 e. The van der Waals surface area contributed by atoms with Crippen molar-refractivity contribution in [3.63, 3.8) is 0 Å². The molecule has 26 heavy (non-hydrogen) atoms. The summed E-state index contributed by atoms with van der Waals surface area (Å²) in [7, 11) is 1.65. The van der Waals surface area contributed by atoms with Gasteiger partial charge in [-0.25, -0.2) is 0 Å². The first-order valence-corrected chi connectivity index (χ1v) is 9.45. The quantitative estimate of drug-likeness (QED) is 0.813. The largest absolute Gasteiger partial charge is 0.384 e. The van der Waals surface area contributed by atoms with Crippen molar-refractivity contribution in [1.29, 1.82) is 0 Å². The van der Waals surface area contributed by atoms with Crippen LogP contribution in [0.1, 0.15) is 65.9 Å². The van der Waals surface area contributed by atoms with E-state index >= 15 is 0 Å². The molecule has 0 bridgehead atoms. The number of carbonyl (C=O) groups excluding carboxylic acids is 1. The lowest BCUT2D eigenvalue weighted by molar-refractivity contribution is 0.0559. The normalized spacial score (nSPS) is 20.2. The molecule has 1 saturated heterocycles. The third-order valence-electron chi connectivity index (χ3n) is 5.27. The van der Waals surface area contributed by atoms with Gasteiger partial charge in [0.25, 0.3) is 5.91 Å². The van der Waals surface area contributed by atoms with Crippen LogP contribution in [0.5, 0.6) is 0 Å². The van der Waals surface area contributed by atoms with Crippen LogP contribution >= 0.6 is 0 Å². The number of nitrogens with zero attached hydrogens (tertiary/aromatic N) is 5. The molecule has 8 nitrogen and oxygen atoms in total. The number of piperidine rings is 1. The fraction of sp³-hybridized carbons (Fsp3) is 0.667. The molecule has 0 aromatic carbocycles. The Hall–Kier alpha value is -2.22. The molecule has 1 amide bonds. The van der Waals surface area contributed by atoms with Crippen molar-refractivity contribution in [2.24, 2.45) is 0 Å². The second-order valence-corrected chi connectivity index (χ2v) is 6.99. The van der Waals surface area contributed by atoms with Crippen LogP contribution in [0.3, 0.4) is 0 Å². The van der Waals surface area contributed by atoms with Crippen LogP contribution < -0.4 is 0 Å². The zero-order valence-electron chi connectivity index (χ0n) is 15.2. The van der Waals surface area contributed by atoms with E-state index < -0.39 is 0 Å². The minimum Gasteiger partial charge on any atom is -0.384 e. The zero-order chi connectivity index (χ0) is 17.9. The molecule has 2 aliphatic rings. The molecule has 4 heterocycles. The van der Waals surface area contributed by atoms with Gasteiger partial charge in [-0.05, 0) is 38.5 Å². The lowest BCUT2D eigenvalue weighted by Crippen LogP contribution is -2.39. The number of aromatic nitrogens is 4. The van der Waals surface area contributed by atoms with Gasteiger partial charge in [0.2, 0.25) is 5.89 Å². The predicted molar refractivity (Wildman–Crippen MR) is 92.7 cm³/mol. The van der Waals surface area contributed by atoms with Crippen LogP contribution in [0, 0.1) is 0 Å². The van der Waals surface area contributed by atoms with E-state index in [0.29, 0.717) is 31.3 Å². The van der Waals surface area contributed by atoms with E-state index in [9.17, 15) is 4.79 Å². The number of likely N-dealkylation sites (tertiary alicyclic amines) is 1. The molecule has 0 radical (unpaired) electrons. The summed E-state index contributed by atoms with van der Waals surface area (Å²) in [5.74, 6) is 1.20. The Morgan fingerprint density at radius 1 is 1.31 bits per heavy atom. The third-order valence-corrected chi connectivity index (χ3v) is 5.27. The highest BCUT2D eigenvalue weighted by molar-refractivity contribution is 5.95. The number of fused-ring (bicyclic) bond motifs is 1. The molecule has 8 heteroatoms. The lowest BCUT2D eigenvalue weighted by atomic mass is 9.99. The highest BCUT2D eigenvalue weighted by Gasteiger charge is 2.34. The highest BCUT2D eigenvalue weighted by atomic mass is 16.5. The molecule has 2 aliphatic heterocycles. The van der Waals surface area contributed by atoms with E-state index in [1.54, 1.807) is 13.3 Å². The molecule has 4 rings (SSSR count). The molecule has 0 N–H and O–H groups in total. The van der Waals surface area contributed by atoms with Crippen molar-refractivity contribution in [2.45, 2.75) is 57.5 Å². The third kappa shape index (κ3) is 3.25. The number of hydrogen-bond donors (Lipinski definition) is 0. The maximum absolute atomic E-state index is 13.3. The Balaban J connectivity index is 1.56. The summed E-state index contributed by atoms with van der Waals surface area (Å²) < 4.78 is 12.5. The van der Waals surface area contributed by atoms with Gasteiger partial charge in [-0.2, -0.15) is 10.1 Å². The van der Waals surface area contributed by atoms with E-state index in [2.05, 4.69) is 15.2 Å². The van der Waals surface area contributed by atoms with Crippen molar-refractivity contribution >= 4 is 5.91 Å². The number of hydrogen-bond acceptors (Lipinski definition) is 6. The van der Waals surface area contributed by atoms with Gasteiger partial charge >= 0.3 is 0 Å². The summed E-state index contributed by atoms with van der Waals surface area (Å²) in [5.41, 5.74) is 1.80. The molecule has 0 spiro atoms. The maximum atomic E-state index is 13.3. The molecule has 2 aromatic heterocycles.